The number of pyridine rings is 1. The summed E-state index contributed by atoms with van der Waals surface area (Å²) in [5.41, 5.74) is 1.37. The Kier molecular flexibility index (Phi) is 7.26. The second kappa shape index (κ2) is 9.96. The molecule has 1 aromatic heterocycles. The van der Waals surface area contributed by atoms with Crippen LogP contribution in [-0.2, 0) is 0 Å². The predicted molar refractivity (Wildman–Crippen MR) is 134 cm³/mol. The number of amides is 1. The number of benzene rings is 1. The SMILES string of the molecule is CC1CCCC(CNC(=O)c2c(Cl)ccc3nc(N4CCC(N(C)C(C)C)C4)ccc23)C1. The molecule has 3 unspecified atom stereocenters. The molecule has 174 valence electrons. The van der Waals surface area contributed by atoms with Crippen LogP contribution in [0.15, 0.2) is 24.3 Å². The van der Waals surface area contributed by atoms with Crippen LogP contribution < -0.4 is 10.2 Å². The lowest BCUT2D eigenvalue weighted by atomic mass is 9.82. The van der Waals surface area contributed by atoms with Gasteiger partial charge >= 0.3 is 0 Å². The molecule has 2 heterocycles. The van der Waals surface area contributed by atoms with E-state index in [0.29, 0.717) is 28.6 Å². The van der Waals surface area contributed by atoms with Crippen molar-refractivity contribution in [2.75, 3.05) is 31.6 Å². The molecule has 0 radical (unpaired) electrons. The van der Waals surface area contributed by atoms with Crippen molar-refractivity contribution in [2.24, 2.45) is 11.8 Å². The fourth-order valence-corrected chi connectivity index (χ4v) is 5.60. The number of hydrogen-bond donors (Lipinski definition) is 1. The Balaban J connectivity index is 1.49. The summed E-state index contributed by atoms with van der Waals surface area (Å²) in [6.07, 6.45) is 6.09. The molecule has 0 spiro atoms. The fourth-order valence-electron chi connectivity index (χ4n) is 5.35. The molecule has 5 nitrogen and oxygen atoms in total. The number of fused-ring (bicyclic) bond motifs is 1. The van der Waals surface area contributed by atoms with Gasteiger partial charge in [-0.05, 0) is 76.3 Å². The average Bonchev–Trinajstić information content (AvgIpc) is 3.27. The Morgan fingerprint density at radius 2 is 2.06 bits per heavy atom. The Hall–Kier alpha value is -1.85. The first-order chi connectivity index (χ1) is 15.3. The number of carbonyl (C=O) groups is 1. The molecule has 1 aliphatic carbocycles. The van der Waals surface area contributed by atoms with Crippen LogP contribution in [0.3, 0.4) is 0 Å². The van der Waals surface area contributed by atoms with Gasteiger partial charge in [-0.2, -0.15) is 0 Å². The molecule has 1 saturated carbocycles. The lowest BCUT2D eigenvalue weighted by Crippen LogP contribution is -2.39. The predicted octanol–water partition coefficient (Wildman–Crippen LogP) is 5.36. The molecule has 1 amide bonds. The molecular formula is C26H37ClN4O. The van der Waals surface area contributed by atoms with Gasteiger partial charge in [-0.3, -0.25) is 9.69 Å². The van der Waals surface area contributed by atoms with Gasteiger partial charge in [0.25, 0.3) is 5.91 Å². The molecule has 4 rings (SSSR count). The van der Waals surface area contributed by atoms with Gasteiger partial charge in [0.05, 0.1) is 16.1 Å². The van der Waals surface area contributed by atoms with Crippen molar-refractivity contribution in [3.8, 4) is 0 Å². The number of nitrogens with zero attached hydrogens (tertiary/aromatic N) is 3. The van der Waals surface area contributed by atoms with Crippen molar-refractivity contribution >= 4 is 34.2 Å². The summed E-state index contributed by atoms with van der Waals surface area (Å²) in [6.45, 7) is 9.49. The van der Waals surface area contributed by atoms with Gasteiger partial charge in [0.1, 0.15) is 5.82 Å². The van der Waals surface area contributed by atoms with E-state index in [1.54, 1.807) is 6.07 Å². The maximum atomic E-state index is 13.1. The van der Waals surface area contributed by atoms with Gasteiger partial charge in [0.2, 0.25) is 0 Å². The third kappa shape index (κ3) is 5.04. The van der Waals surface area contributed by atoms with Crippen LogP contribution >= 0.6 is 11.6 Å². The van der Waals surface area contributed by atoms with Gasteiger partial charge < -0.3 is 10.2 Å². The average molecular weight is 457 g/mol. The van der Waals surface area contributed by atoms with Crippen LogP contribution in [0.5, 0.6) is 0 Å². The maximum absolute atomic E-state index is 13.1. The molecule has 2 aliphatic rings. The van der Waals surface area contributed by atoms with Crippen molar-refractivity contribution < 1.29 is 4.79 Å². The first kappa shape index (κ1) is 23.3. The van der Waals surface area contributed by atoms with E-state index in [4.69, 9.17) is 16.6 Å². The monoisotopic (exact) mass is 456 g/mol. The molecule has 1 saturated heterocycles. The highest BCUT2D eigenvalue weighted by Gasteiger charge is 2.28. The summed E-state index contributed by atoms with van der Waals surface area (Å²) in [5.74, 6) is 2.20. The zero-order valence-corrected chi connectivity index (χ0v) is 20.7. The summed E-state index contributed by atoms with van der Waals surface area (Å²) in [6, 6.07) is 8.86. The van der Waals surface area contributed by atoms with Crippen molar-refractivity contribution in [1.82, 2.24) is 15.2 Å². The van der Waals surface area contributed by atoms with E-state index >= 15 is 0 Å². The number of anilines is 1. The number of hydrogen-bond acceptors (Lipinski definition) is 4. The normalized spacial score (nSPS) is 24.0. The smallest absolute Gasteiger partial charge is 0.253 e. The lowest BCUT2D eigenvalue weighted by molar-refractivity contribution is 0.0942. The highest BCUT2D eigenvalue weighted by Crippen LogP contribution is 2.30. The fraction of sp³-hybridized carbons (Fsp3) is 0.615. The molecule has 0 bridgehead atoms. The number of rotatable bonds is 6. The van der Waals surface area contributed by atoms with Crippen LogP contribution in [0, 0.1) is 11.8 Å². The van der Waals surface area contributed by atoms with E-state index in [0.717, 1.165) is 48.7 Å². The third-order valence-corrected chi connectivity index (χ3v) is 7.82. The molecular weight excluding hydrogens is 420 g/mol. The van der Waals surface area contributed by atoms with Crippen molar-refractivity contribution in [3.63, 3.8) is 0 Å². The first-order valence-electron chi connectivity index (χ1n) is 12.2. The Labute approximate surface area is 197 Å². The second-order valence-electron chi connectivity index (χ2n) is 10.2. The highest BCUT2D eigenvalue weighted by molar-refractivity contribution is 6.35. The van der Waals surface area contributed by atoms with Crippen LogP contribution in [0.4, 0.5) is 5.82 Å². The van der Waals surface area contributed by atoms with Crippen molar-refractivity contribution in [3.05, 3.63) is 34.9 Å². The third-order valence-electron chi connectivity index (χ3n) is 7.51. The number of likely N-dealkylation sites (N-methyl/N-ethyl adjacent to an activating group) is 1. The largest absolute Gasteiger partial charge is 0.355 e. The van der Waals surface area contributed by atoms with Gasteiger partial charge in [-0.25, -0.2) is 4.98 Å². The zero-order chi connectivity index (χ0) is 22.8. The maximum Gasteiger partial charge on any atom is 0.253 e. The Morgan fingerprint density at radius 3 is 2.81 bits per heavy atom. The van der Waals surface area contributed by atoms with Gasteiger partial charge in [-0.15, -0.1) is 0 Å². The minimum absolute atomic E-state index is 0.0897. The Bertz CT molecular complexity index is 962. The summed E-state index contributed by atoms with van der Waals surface area (Å²) in [4.78, 5) is 22.8. The summed E-state index contributed by atoms with van der Waals surface area (Å²) in [5, 5.41) is 4.47. The first-order valence-corrected chi connectivity index (χ1v) is 12.6. The van der Waals surface area contributed by atoms with Gasteiger partial charge in [-0.1, -0.05) is 31.4 Å². The van der Waals surface area contributed by atoms with Crippen molar-refractivity contribution in [2.45, 2.75) is 65.0 Å². The standard InChI is InChI=1S/C26H37ClN4O/c1-17(2)30(4)20-12-13-31(16-20)24-11-8-21-23(29-24)10-9-22(27)25(21)26(32)28-15-19-7-5-6-18(3)14-19/h8-11,17-20H,5-7,12-16H2,1-4H3,(H,28,32). The molecule has 32 heavy (non-hydrogen) atoms. The quantitative estimate of drug-likeness (QED) is 0.635. The van der Waals surface area contributed by atoms with Gasteiger partial charge in [0.15, 0.2) is 0 Å². The minimum atomic E-state index is -0.0897. The number of carbonyl (C=O) groups excluding carboxylic acids is 1. The van der Waals surface area contributed by atoms with E-state index in [1.165, 1.54) is 25.7 Å². The molecule has 1 N–H and O–H groups in total. The highest BCUT2D eigenvalue weighted by atomic mass is 35.5. The van der Waals surface area contributed by atoms with Crippen LogP contribution in [-0.4, -0.2) is 54.6 Å². The number of nitrogens with one attached hydrogen (secondary N) is 1. The minimum Gasteiger partial charge on any atom is -0.355 e. The number of aromatic nitrogens is 1. The Morgan fingerprint density at radius 1 is 1.25 bits per heavy atom. The van der Waals surface area contributed by atoms with Crippen LogP contribution in [0.1, 0.15) is 63.2 Å². The van der Waals surface area contributed by atoms with E-state index in [1.807, 2.05) is 18.2 Å². The molecule has 2 aromatic rings. The molecule has 6 heteroatoms. The van der Waals surface area contributed by atoms with E-state index in [2.05, 4.69) is 42.9 Å². The summed E-state index contributed by atoms with van der Waals surface area (Å²) < 4.78 is 0. The van der Waals surface area contributed by atoms with Crippen molar-refractivity contribution in [1.29, 1.82) is 0 Å². The topological polar surface area (TPSA) is 48.5 Å². The van der Waals surface area contributed by atoms with Gasteiger partial charge in [0, 0.05) is 37.1 Å². The van der Waals surface area contributed by atoms with E-state index < -0.39 is 0 Å². The second-order valence-corrected chi connectivity index (χ2v) is 10.6. The molecule has 3 atom stereocenters. The van der Waals surface area contributed by atoms with E-state index in [-0.39, 0.29) is 5.91 Å². The molecule has 1 aliphatic heterocycles. The molecule has 2 fully saturated rings. The molecule has 1 aromatic carbocycles. The summed E-state index contributed by atoms with van der Waals surface area (Å²) in [7, 11) is 2.20. The van der Waals surface area contributed by atoms with Crippen LogP contribution in [0.2, 0.25) is 5.02 Å². The van der Waals surface area contributed by atoms with E-state index in [9.17, 15) is 4.79 Å². The lowest BCUT2D eigenvalue weighted by Gasteiger charge is -2.28. The summed E-state index contributed by atoms with van der Waals surface area (Å²) >= 11 is 6.49. The zero-order valence-electron chi connectivity index (χ0n) is 19.9. The van der Waals surface area contributed by atoms with Crippen LogP contribution in [0.25, 0.3) is 10.9 Å². The number of halogens is 1.